The van der Waals surface area contributed by atoms with Crippen LogP contribution in [-0.4, -0.2) is 98.2 Å². The molecule has 0 bridgehead atoms. The molecule has 0 aromatic rings. The first-order valence-electron chi connectivity index (χ1n) is 12.3. The third-order valence-electron chi connectivity index (χ3n) is 6.69. The minimum atomic E-state index is 0.496. The largest absolute Gasteiger partial charge is 0.357 e. The molecular weight excluding hydrogens is 360 g/mol. The maximum atomic E-state index is 4.94. The van der Waals surface area contributed by atoms with E-state index in [1.54, 1.807) is 0 Å². The Morgan fingerprint density at radius 3 is 2.03 bits per heavy atom. The Kier molecular flexibility index (Phi) is 11.3. The lowest BCUT2D eigenvalue weighted by Gasteiger charge is -2.37. The SMILES string of the molecule is CCNC(=NCC(C)N1CCN(CC)CC1)NCC(C(C)C)N1CCCCCC1. The lowest BCUT2D eigenvalue weighted by atomic mass is 10.0. The number of nitrogens with zero attached hydrogens (tertiary/aromatic N) is 4. The van der Waals surface area contributed by atoms with Crippen molar-refractivity contribution in [3.05, 3.63) is 0 Å². The maximum Gasteiger partial charge on any atom is 0.191 e. The van der Waals surface area contributed by atoms with E-state index in [9.17, 15) is 0 Å². The Balaban J connectivity index is 1.86. The van der Waals surface area contributed by atoms with Crippen molar-refractivity contribution in [2.75, 3.05) is 65.4 Å². The molecule has 2 aliphatic heterocycles. The van der Waals surface area contributed by atoms with Gasteiger partial charge in [0.1, 0.15) is 0 Å². The predicted molar refractivity (Wildman–Crippen MR) is 126 cm³/mol. The molecule has 2 unspecified atom stereocenters. The van der Waals surface area contributed by atoms with Gasteiger partial charge in [-0.05, 0) is 52.2 Å². The quantitative estimate of drug-likeness (QED) is 0.453. The molecule has 2 N–H and O–H groups in total. The lowest BCUT2D eigenvalue weighted by Crippen LogP contribution is -2.51. The fourth-order valence-electron chi connectivity index (χ4n) is 4.62. The molecule has 0 spiro atoms. The van der Waals surface area contributed by atoms with Gasteiger partial charge < -0.3 is 15.5 Å². The molecule has 2 atom stereocenters. The summed E-state index contributed by atoms with van der Waals surface area (Å²) in [6.07, 6.45) is 5.48. The number of rotatable bonds is 9. The van der Waals surface area contributed by atoms with Gasteiger partial charge in [-0.15, -0.1) is 0 Å². The van der Waals surface area contributed by atoms with Crippen molar-refractivity contribution in [2.24, 2.45) is 10.9 Å². The van der Waals surface area contributed by atoms with E-state index < -0.39 is 0 Å². The second kappa shape index (κ2) is 13.5. The van der Waals surface area contributed by atoms with E-state index in [-0.39, 0.29) is 0 Å². The van der Waals surface area contributed by atoms with Gasteiger partial charge in [0.25, 0.3) is 0 Å². The number of hydrogen-bond donors (Lipinski definition) is 2. The minimum absolute atomic E-state index is 0.496. The van der Waals surface area contributed by atoms with Gasteiger partial charge in [0, 0.05) is 51.4 Å². The van der Waals surface area contributed by atoms with Crippen LogP contribution in [0.2, 0.25) is 0 Å². The number of nitrogens with one attached hydrogen (secondary N) is 2. The molecule has 2 heterocycles. The van der Waals surface area contributed by atoms with Crippen LogP contribution in [0.3, 0.4) is 0 Å². The number of likely N-dealkylation sites (tertiary alicyclic amines) is 1. The Morgan fingerprint density at radius 2 is 1.48 bits per heavy atom. The number of aliphatic imine (C=N–C) groups is 1. The minimum Gasteiger partial charge on any atom is -0.357 e. The third kappa shape index (κ3) is 8.42. The average molecular weight is 409 g/mol. The fraction of sp³-hybridized carbons (Fsp3) is 0.957. The molecule has 0 aromatic carbocycles. The molecule has 29 heavy (non-hydrogen) atoms. The van der Waals surface area contributed by atoms with Crippen LogP contribution < -0.4 is 10.6 Å². The highest BCUT2D eigenvalue weighted by atomic mass is 15.3. The normalized spacial score (nSPS) is 23.0. The van der Waals surface area contributed by atoms with E-state index in [1.165, 1.54) is 71.5 Å². The summed E-state index contributed by atoms with van der Waals surface area (Å²) in [6, 6.07) is 1.08. The first-order valence-corrected chi connectivity index (χ1v) is 12.3. The first kappa shape index (κ1) is 24.4. The second-order valence-electron chi connectivity index (χ2n) is 9.18. The summed E-state index contributed by atoms with van der Waals surface area (Å²) in [6.45, 7) is 22.6. The van der Waals surface area contributed by atoms with Crippen molar-refractivity contribution >= 4 is 5.96 Å². The maximum absolute atomic E-state index is 4.94. The van der Waals surface area contributed by atoms with Crippen molar-refractivity contribution in [3.8, 4) is 0 Å². The van der Waals surface area contributed by atoms with Gasteiger partial charge in [0.15, 0.2) is 5.96 Å². The van der Waals surface area contributed by atoms with Crippen molar-refractivity contribution < 1.29 is 0 Å². The van der Waals surface area contributed by atoms with E-state index in [2.05, 4.69) is 60.0 Å². The van der Waals surface area contributed by atoms with Crippen LogP contribution in [0.4, 0.5) is 0 Å². The molecule has 0 amide bonds. The summed E-state index contributed by atoms with van der Waals surface area (Å²) in [5.74, 6) is 1.63. The van der Waals surface area contributed by atoms with Crippen LogP contribution in [0.15, 0.2) is 4.99 Å². The summed E-state index contributed by atoms with van der Waals surface area (Å²) in [5, 5.41) is 7.13. The highest BCUT2D eigenvalue weighted by molar-refractivity contribution is 5.79. The van der Waals surface area contributed by atoms with E-state index in [0.717, 1.165) is 25.6 Å². The zero-order valence-corrected chi connectivity index (χ0v) is 19.9. The molecule has 0 saturated carbocycles. The molecule has 0 aromatic heterocycles. The molecule has 0 aliphatic carbocycles. The summed E-state index contributed by atoms with van der Waals surface area (Å²) >= 11 is 0. The third-order valence-corrected chi connectivity index (χ3v) is 6.69. The zero-order valence-electron chi connectivity index (χ0n) is 19.9. The topological polar surface area (TPSA) is 46.1 Å². The van der Waals surface area contributed by atoms with Gasteiger partial charge in [-0.1, -0.05) is 33.6 Å². The number of likely N-dealkylation sites (N-methyl/N-ethyl adjacent to an activating group) is 1. The Bertz CT molecular complexity index is 450. The van der Waals surface area contributed by atoms with Crippen molar-refractivity contribution in [1.29, 1.82) is 0 Å². The Hall–Kier alpha value is -0.850. The molecule has 6 heteroatoms. The van der Waals surface area contributed by atoms with Crippen LogP contribution in [0.25, 0.3) is 0 Å². The lowest BCUT2D eigenvalue weighted by molar-refractivity contribution is 0.109. The number of piperazine rings is 1. The van der Waals surface area contributed by atoms with Crippen molar-refractivity contribution in [1.82, 2.24) is 25.3 Å². The van der Waals surface area contributed by atoms with Gasteiger partial charge in [-0.3, -0.25) is 14.8 Å². The van der Waals surface area contributed by atoms with Gasteiger partial charge in [0.2, 0.25) is 0 Å². The highest BCUT2D eigenvalue weighted by Gasteiger charge is 2.23. The molecule has 0 radical (unpaired) electrons. The van der Waals surface area contributed by atoms with Crippen LogP contribution in [0.1, 0.15) is 60.3 Å². The van der Waals surface area contributed by atoms with Crippen molar-refractivity contribution in [3.63, 3.8) is 0 Å². The summed E-state index contributed by atoms with van der Waals surface area (Å²) in [7, 11) is 0. The summed E-state index contributed by atoms with van der Waals surface area (Å²) in [4.78, 5) is 12.8. The Morgan fingerprint density at radius 1 is 0.828 bits per heavy atom. The first-order chi connectivity index (χ1) is 14.0. The summed E-state index contributed by atoms with van der Waals surface area (Å²) < 4.78 is 0. The van der Waals surface area contributed by atoms with Gasteiger partial charge >= 0.3 is 0 Å². The van der Waals surface area contributed by atoms with Crippen LogP contribution in [-0.2, 0) is 0 Å². The van der Waals surface area contributed by atoms with Gasteiger partial charge in [-0.25, -0.2) is 0 Å². The smallest absolute Gasteiger partial charge is 0.191 e. The predicted octanol–water partition coefficient (Wildman–Crippen LogP) is 2.47. The van der Waals surface area contributed by atoms with E-state index in [4.69, 9.17) is 4.99 Å². The van der Waals surface area contributed by atoms with Crippen LogP contribution in [0.5, 0.6) is 0 Å². The van der Waals surface area contributed by atoms with E-state index >= 15 is 0 Å². The standard InChI is InChI=1S/C23H48N6/c1-6-24-23(25-18-21(5)28-16-14-27(7-2)15-17-28)26-19-22(20(3)4)29-12-10-8-9-11-13-29/h20-22H,6-19H2,1-5H3,(H2,24,25,26). The van der Waals surface area contributed by atoms with Gasteiger partial charge in [-0.2, -0.15) is 0 Å². The monoisotopic (exact) mass is 408 g/mol. The highest BCUT2D eigenvalue weighted by Crippen LogP contribution is 2.17. The fourth-order valence-corrected chi connectivity index (χ4v) is 4.62. The Labute approximate surface area is 180 Å². The molecule has 2 aliphatic rings. The molecule has 2 rings (SSSR count). The molecule has 2 fully saturated rings. The van der Waals surface area contributed by atoms with Crippen LogP contribution in [0, 0.1) is 5.92 Å². The molecule has 6 nitrogen and oxygen atoms in total. The molecule has 170 valence electrons. The molecular formula is C23H48N6. The summed E-state index contributed by atoms with van der Waals surface area (Å²) in [5.41, 5.74) is 0. The van der Waals surface area contributed by atoms with Crippen LogP contribution >= 0.6 is 0 Å². The number of guanidine groups is 1. The number of hydrogen-bond acceptors (Lipinski definition) is 4. The molecule has 2 saturated heterocycles. The van der Waals surface area contributed by atoms with E-state index in [1.807, 2.05) is 0 Å². The second-order valence-corrected chi connectivity index (χ2v) is 9.18. The van der Waals surface area contributed by atoms with Crippen molar-refractivity contribution in [2.45, 2.75) is 72.4 Å². The van der Waals surface area contributed by atoms with E-state index in [0.29, 0.717) is 18.0 Å². The zero-order chi connectivity index (χ0) is 21.1. The van der Waals surface area contributed by atoms with Gasteiger partial charge in [0.05, 0.1) is 6.54 Å². The average Bonchev–Trinajstić information content (AvgIpc) is 3.01.